The van der Waals surface area contributed by atoms with E-state index in [9.17, 15) is 4.79 Å². The van der Waals surface area contributed by atoms with Crippen molar-refractivity contribution in [2.24, 2.45) is 0 Å². The summed E-state index contributed by atoms with van der Waals surface area (Å²) >= 11 is 0. The predicted molar refractivity (Wildman–Crippen MR) is 111 cm³/mol. The van der Waals surface area contributed by atoms with Gasteiger partial charge in [0.1, 0.15) is 5.69 Å². The highest BCUT2D eigenvalue weighted by Crippen LogP contribution is 2.41. The molecular formula is C23H20N4O3. The lowest BCUT2D eigenvalue weighted by molar-refractivity contribution is 0.0952. The molecule has 1 N–H and O–H groups in total. The van der Waals surface area contributed by atoms with E-state index < -0.39 is 0 Å². The number of nitrogens with zero attached hydrogens (tertiary/aromatic N) is 3. The van der Waals surface area contributed by atoms with Crippen molar-refractivity contribution in [1.82, 2.24) is 20.4 Å². The fourth-order valence-corrected chi connectivity index (χ4v) is 3.54. The fraction of sp³-hybridized carbons (Fsp3) is 0.217. The topological polar surface area (TPSA) is 90.1 Å². The first-order chi connectivity index (χ1) is 14.7. The van der Waals surface area contributed by atoms with Gasteiger partial charge in [-0.25, -0.2) is 9.97 Å². The lowest BCUT2D eigenvalue weighted by Crippen LogP contribution is -2.24. The lowest BCUT2D eigenvalue weighted by Gasteiger charge is -2.10. The third-order valence-electron chi connectivity index (χ3n) is 5.24. The van der Waals surface area contributed by atoms with Crippen molar-refractivity contribution in [3.05, 3.63) is 71.5 Å². The maximum absolute atomic E-state index is 13.2. The zero-order valence-corrected chi connectivity index (χ0v) is 16.5. The SMILES string of the molecule is COc1ncccc1CNC(=O)c1cc(C2CC2)nc2onc(-c3ccccc3)c12. The number of carbonyl (C=O) groups excluding carboxylic acids is 1. The number of carbonyl (C=O) groups is 1. The molecule has 150 valence electrons. The predicted octanol–water partition coefficient (Wildman–Crippen LogP) is 4.10. The number of fused-ring (bicyclic) bond motifs is 1. The van der Waals surface area contributed by atoms with Gasteiger partial charge in [-0.1, -0.05) is 41.6 Å². The summed E-state index contributed by atoms with van der Waals surface area (Å²) in [5.74, 6) is 0.659. The highest BCUT2D eigenvalue weighted by atomic mass is 16.5. The Kier molecular flexibility index (Phi) is 4.63. The smallest absolute Gasteiger partial charge is 0.259 e. The van der Waals surface area contributed by atoms with Crippen LogP contribution in [0.4, 0.5) is 0 Å². The van der Waals surface area contributed by atoms with E-state index in [1.165, 1.54) is 0 Å². The summed E-state index contributed by atoms with van der Waals surface area (Å²) in [5, 5.41) is 7.83. The molecule has 30 heavy (non-hydrogen) atoms. The van der Waals surface area contributed by atoms with Gasteiger partial charge >= 0.3 is 0 Å². The summed E-state index contributed by atoms with van der Waals surface area (Å²) in [6.45, 7) is 0.296. The van der Waals surface area contributed by atoms with Crippen LogP contribution in [0.2, 0.25) is 0 Å². The standard InChI is InChI=1S/C23H20N4O3/c1-29-22-16(8-5-11-24-22)13-25-21(28)17-12-18(14-9-10-14)26-23-19(17)20(27-30-23)15-6-3-2-4-7-15/h2-8,11-12,14H,9-10,13H2,1H3,(H,25,28). The van der Waals surface area contributed by atoms with Gasteiger partial charge in [0.05, 0.1) is 18.1 Å². The molecule has 0 bridgehead atoms. The second-order valence-electron chi connectivity index (χ2n) is 7.30. The van der Waals surface area contributed by atoms with Crippen molar-refractivity contribution in [1.29, 1.82) is 0 Å². The molecule has 0 aliphatic heterocycles. The molecule has 3 heterocycles. The summed E-state index contributed by atoms with van der Waals surface area (Å²) in [6, 6.07) is 15.2. The van der Waals surface area contributed by atoms with Crippen LogP contribution in [0, 0.1) is 0 Å². The molecule has 4 aromatic rings. The zero-order chi connectivity index (χ0) is 20.5. The molecule has 0 atom stereocenters. The van der Waals surface area contributed by atoms with E-state index in [1.807, 2.05) is 48.5 Å². The number of hydrogen-bond donors (Lipinski definition) is 1. The Bertz CT molecular complexity index is 1220. The van der Waals surface area contributed by atoms with Crippen LogP contribution in [0.15, 0.2) is 59.3 Å². The first-order valence-corrected chi connectivity index (χ1v) is 9.86. The van der Waals surface area contributed by atoms with E-state index in [0.29, 0.717) is 40.7 Å². The average molecular weight is 400 g/mol. The van der Waals surface area contributed by atoms with E-state index >= 15 is 0 Å². The highest BCUT2D eigenvalue weighted by Gasteiger charge is 2.29. The van der Waals surface area contributed by atoms with E-state index in [1.54, 1.807) is 13.3 Å². The van der Waals surface area contributed by atoms with Crippen molar-refractivity contribution < 1.29 is 14.1 Å². The summed E-state index contributed by atoms with van der Waals surface area (Å²) in [7, 11) is 1.56. The number of aromatic nitrogens is 3. The summed E-state index contributed by atoms with van der Waals surface area (Å²) in [6.07, 6.45) is 3.81. The molecule has 7 heteroatoms. The van der Waals surface area contributed by atoms with Crippen molar-refractivity contribution in [2.45, 2.75) is 25.3 Å². The molecule has 1 fully saturated rings. The maximum Gasteiger partial charge on any atom is 0.259 e. The highest BCUT2D eigenvalue weighted by molar-refractivity contribution is 6.09. The molecule has 0 spiro atoms. The maximum atomic E-state index is 13.2. The van der Waals surface area contributed by atoms with Gasteiger partial charge in [-0.15, -0.1) is 0 Å². The number of ether oxygens (including phenoxy) is 1. The van der Waals surface area contributed by atoms with Crippen molar-refractivity contribution in [3.8, 4) is 17.1 Å². The molecule has 1 aromatic carbocycles. The average Bonchev–Trinajstić information content (AvgIpc) is 3.56. The fourth-order valence-electron chi connectivity index (χ4n) is 3.54. The van der Waals surface area contributed by atoms with Crippen LogP contribution in [-0.2, 0) is 6.54 Å². The van der Waals surface area contributed by atoms with Crippen LogP contribution in [0.5, 0.6) is 5.88 Å². The number of amides is 1. The lowest BCUT2D eigenvalue weighted by atomic mass is 10.0. The van der Waals surface area contributed by atoms with Gasteiger partial charge in [-0.2, -0.15) is 0 Å². The van der Waals surface area contributed by atoms with E-state index in [4.69, 9.17) is 9.26 Å². The number of rotatable bonds is 6. The Morgan fingerprint density at radius 1 is 1.20 bits per heavy atom. The van der Waals surface area contributed by atoms with Crippen molar-refractivity contribution >= 4 is 17.0 Å². The Hall–Kier alpha value is -3.74. The van der Waals surface area contributed by atoms with Gasteiger partial charge in [-0.3, -0.25) is 4.79 Å². The van der Waals surface area contributed by atoms with Gasteiger partial charge in [0.15, 0.2) is 0 Å². The Morgan fingerprint density at radius 3 is 2.80 bits per heavy atom. The second-order valence-corrected chi connectivity index (χ2v) is 7.30. The summed E-state index contributed by atoms with van der Waals surface area (Å²) in [5.41, 5.74) is 4.08. The van der Waals surface area contributed by atoms with E-state index in [2.05, 4.69) is 20.4 Å². The molecule has 3 aromatic heterocycles. The number of benzene rings is 1. The van der Waals surface area contributed by atoms with Gasteiger partial charge in [0, 0.05) is 35.5 Å². The molecule has 1 saturated carbocycles. The van der Waals surface area contributed by atoms with Crippen LogP contribution in [-0.4, -0.2) is 28.1 Å². The van der Waals surface area contributed by atoms with Crippen LogP contribution >= 0.6 is 0 Å². The van der Waals surface area contributed by atoms with Crippen LogP contribution in [0.3, 0.4) is 0 Å². The second kappa shape index (κ2) is 7.59. The Labute approximate surface area is 173 Å². The van der Waals surface area contributed by atoms with Crippen LogP contribution in [0.1, 0.15) is 40.4 Å². The third kappa shape index (κ3) is 3.39. The number of hydrogen-bond acceptors (Lipinski definition) is 6. The van der Waals surface area contributed by atoms with Gasteiger partial charge in [-0.05, 0) is 25.0 Å². The molecule has 0 saturated heterocycles. The molecule has 0 radical (unpaired) electrons. The summed E-state index contributed by atoms with van der Waals surface area (Å²) in [4.78, 5) is 22.1. The Balaban J connectivity index is 1.54. The van der Waals surface area contributed by atoms with E-state index in [-0.39, 0.29) is 5.91 Å². The molecule has 1 amide bonds. The normalized spacial score (nSPS) is 13.4. The number of pyridine rings is 2. The molecule has 1 aliphatic rings. The minimum atomic E-state index is -0.212. The van der Waals surface area contributed by atoms with Crippen LogP contribution in [0.25, 0.3) is 22.4 Å². The molecule has 0 unspecified atom stereocenters. The monoisotopic (exact) mass is 400 g/mol. The minimum absolute atomic E-state index is 0.212. The molecule has 7 nitrogen and oxygen atoms in total. The largest absolute Gasteiger partial charge is 0.481 e. The first-order valence-electron chi connectivity index (χ1n) is 9.86. The minimum Gasteiger partial charge on any atom is -0.481 e. The Morgan fingerprint density at radius 2 is 2.03 bits per heavy atom. The van der Waals surface area contributed by atoms with Crippen molar-refractivity contribution in [2.75, 3.05) is 7.11 Å². The number of methoxy groups -OCH3 is 1. The molecule has 1 aliphatic carbocycles. The zero-order valence-electron chi connectivity index (χ0n) is 16.5. The van der Waals surface area contributed by atoms with E-state index in [0.717, 1.165) is 29.7 Å². The first kappa shape index (κ1) is 18.3. The quantitative estimate of drug-likeness (QED) is 0.524. The van der Waals surface area contributed by atoms with Gasteiger partial charge < -0.3 is 14.6 Å². The number of nitrogens with one attached hydrogen (secondary N) is 1. The van der Waals surface area contributed by atoms with Gasteiger partial charge in [0.25, 0.3) is 11.6 Å². The van der Waals surface area contributed by atoms with Gasteiger partial charge in [0.2, 0.25) is 5.88 Å². The van der Waals surface area contributed by atoms with Crippen molar-refractivity contribution in [3.63, 3.8) is 0 Å². The summed E-state index contributed by atoms with van der Waals surface area (Å²) < 4.78 is 10.8. The molecular weight excluding hydrogens is 380 g/mol. The third-order valence-corrected chi connectivity index (χ3v) is 5.24. The van der Waals surface area contributed by atoms with Crippen LogP contribution < -0.4 is 10.1 Å². The molecule has 5 rings (SSSR count).